The van der Waals surface area contributed by atoms with E-state index in [0.29, 0.717) is 0 Å². The number of hydrogen-bond donors (Lipinski definition) is 4. The smallest absolute Gasteiger partial charge is 0.759 e. The van der Waals surface area contributed by atoms with Crippen LogP contribution in [0.4, 0.5) is 0 Å². The fourth-order valence-corrected chi connectivity index (χ4v) is 1.37. The number of aliphatic hydroxyl groups excluding tert-OH is 4. The molecule has 0 aliphatic carbocycles. The van der Waals surface area contributed by atoms with Crippen molar-refractivity contribution >= 4 is 20.6 Å². The van der Waals surface area contributed by atoms with Gasteiger partial charge in [-0.3, -0.25) is 0 Å². The van der Waals surface area contributed by atoms with E-state index < -0.39 is 36.5 Å². The van der Waals surface area contributed by atoms with Crippen molar-refractivity contribution in [1.82, 2.24) is 0 Å². The van der Waals surface area contributed by atoms with Crippen LogP contribution in [0.25, 0.3) is 0 Å². The summed E-state index contributed by atoms with van der Waals surface area (Å²) in [5.74, 6) is 0. The summed E-state index contributed by atoms with van der Waals surface area (Å²) in [6, 6.07) is 0. The minimum Gasteiger partial charge on any atom is -0.759 e. The van der Waals surface area contributed by atoms with E-state index in [-0.39, 0.29) is 30.3 Å². The summed E-state index contributed by atoms with van der Waals surface area (Å²) < 4.78 is 4.84. The molecule has 1 aliphatic rings. The van der Waals surface area contributed by atoms with Gasteiger partial charge < -0.3 is 37.8 Å². The molecule has 17 heavy (non-hydrogen) atoms. The first-order chi connectivity index (χ1) is 7.31. The summed E-state index contributed by atoms with van der Waals surface area (Å²) in [4.78, 5) is 0. The molecule has 0 radical (unpaired) electrons. The van der Waals surface area contributed by atoms with Gasteiger partial charge in [0.15, 0.2) is 0 Å². The third-order valence-corrected chi connectivity index (χ3v) is 2.24. The second-order valence-corrected chi connectivity index (χ2v) is 7.66. The fourth-order valence-electron chi connectivity index (χ4n) is 1.07. The van der Waals surface area contributed by atoms with Gasteiger partial charge in [-0.05, 0) is 13.4 Å². The van der Waals surface area contributed by atoms with Crippen LogP contribution in [-0.2, 0) is 39.7 Å². The summed E-state index contributed by atoms with van der Waals surface area (Å²) in [7, 11) is 0.120. The predicted molar refractivity (Wildman–Crippen MR) is 67.2 cm³/mol. The molecule has 1 saturated heterocycles. The zero-order chi connectivity index (χ0) is 12.9. The zero-order valence-corrected chi connectivity index (χ0v) is 14.0. The van der Waals surface area contributed by atoms with Gasteiger partial charge in [-0.2, -0.15) is 0 Å². The molecule has 108 valence electrons. The van der Waals surface area contributed by atoms with Crippen LogP contribution in [0.5, 0.6) is 0 Å². The van der Waals surface area contributed by atoms with Crippen molar-refractivity contribution in [1.29, 1.82) is 0 Å². The standard InChI is InChI=1S/C6H12O5S.C3H9P.Au/c7-1-2-3(8)4(9)5(10)6(12)11-2;1-4(2)3;/h2-10,12H,1H2;1-3H3;/q;;+1/t2?,3-,4+,5?,6-;;/m1../s1. The largest absolute Gasteiger partial charge is 1.00 e. The molecule has 0 spiro atoms. The SMILES string of the molecule is C[PH+](C)C.OCC1O[C@H]([S-])C(O)[C@@H](O)[C@@H]1O.[Au+]. The first-order valence-corrected chi connectivity index (χ1v) is 8.51. The maximum atomic E-state index is 9.18. The van der Waals surface area contributed by atoms with Crippen LogP contribution in [0, 0.1) is 0 Å². The van der Waals surface area contributed by atoms with Crippen molar-refractivity contribution in [2.24, 2.45) is 0 Å². The zero-order valence-electron chi connectivity index (χ0n) is 10.0. The van der Waals surface area contributed by atoms with Gasteiger partial charge >= 0.3 is 22.4 Å². The summed E-state index contributed by atoms with van der Waals surface area (Å²) in [5.41, 5.74) is -0.986. The summed E-state index contributed by atoms with van der Waals surface area (Å²) in [5, 5.41) is 36.1. The molecular formula is C9H21AuO5PS+. The first-order valence-electron chi connectivity index (χ1n) is 5.04. The third kappa shape index (κ3) is 7.48. The monoisotopic (exact) mass is 469 g/mol. The van der Waals surface area contributed by atoms with E-state index in [1.165, 1.54) is 0 Å². The topological polar surface area (TPSA) is 90.2 Å². The molecular weight excluding hydrogens is 448 g/mol. The van der Waals surface area contributed by atoms with E-state index in [1.807, 2.05) is 0 Å². The molecule has 1 rings (SSSR count). The molecule has 1 aliphatic heterocycles. The maximum Gasteiger partial charge on any atom is 1.00 e. The molecule has 0 amide bonds. The van der Waals surface area contributed by atoms with E-state index in [2.05, 4.69) is 32.6 Å². The van der Waals surface area contributed by atoms with Crippen molar-refractivity contribution in [2.45, 2.75) is 29.9 Å². The molecule has 0 saturated carbocycles. The minimum absolute atomic E-state index is 0. The Hall–Kier alpha value is 1.32. The number of hydrogen-bond acceptors (Lipinski definition) is 6. The van der Waals surface area contributed by atoms with Crippen molar-refractivity contribution in [3.63, 3.8) is 0 Å². The molecule has 2 unspecified atom stereocenters. The van der Waals surface area contributed by atoms with Gasteiger partial charge in [-0.25, -0.2) is 0 Å². The second-order valence-electron chi connectivity index (χ2n) is 4.20. The van der Waals surface area contributed by atoms with Crippen molar-refractivity contribution < 1.29 is 47.5 Å². The van der Waals surface area contributed by atoms with Crippen LogP contribution >= 0.6 is 7.92 Å². The summed E-state index contributed by atoms with van der Waals surface area (Å²) in [6.45, 7) is 6.37. The molecule has 5 nitrogen and oxygen atoms in total. The Morgan fingerprint density at radius 2 is 1.47 bits per heavy atom. The van der Waals surface area contributed by atoms with Crippen LogP contribution in [0.3, 0.4) is 0 Å². The molecule has 4 N–H and O–H groups in total. The van der Waals surface area contributed by atoms with Crippen LogP contribution in [0.15, 0.2) is 0 Å². The van der Waals surface area contributed by atoms with Gasteiger partial charge in [0, 0.05) is 20.0 Å². The summed E-state index contributed by atoms with van der Waals surface area (Å²) in [6.07, 6.45) is -4.83. The Bertz CT molecular complexity index is 193. The molecule has 1 fully saturated rings. The Labute approximate surface area is 124 Å². The van der Waals surface area contributed by atoms with E-state index in [1.54, 1.807) is 0 Å². The molecule has 1 heterocycles. The minimum atomic E-state index is -1.35. The molecule has 0 aromatic heterocycles. The fraction of sp³-hybridized carbons (Fsp3) is 1.00. The maximum absolute atomic E-state index is 9.18. The Balaban J connectivity index is 0. The first kappa shape index (κ1) is 20.6. The van der Waals surface area contributed by atoms with E-state index >= 15 is 0 Å². The third-order valence-electron chi connectivity index (χ3n) is 1.85. The van der Waals surface area contributed by atoms with Crippen LogP contribution < -0.4 is 0 Å². The van der Waals surface area contributed by atoms with Gasteiger partial charge in [0.1, 0.15) is 18.3 Å². The van der Waals surface area contributed by atoms with Crippen LogP contribution in [0.2, 0.25) is 0 Å². The van der Waals surface area contributed by atoms with Gasteiger partial charge in [0.25, 0.3) is 0 Å². The average molecular weight is 469 g/mol. The molecule has 5 atom stereocenters. The van der Waals surface area contributed by atoms with Crippen molar-refractivity contribution in [3.05, 3.63) is 0 Å². The quantitative estimate of drug-likeness (QED) is 0.211. The van der Waals surface area contributed by atoms with Crippen molar-refractivity contribution in [3.8, 4) is 0 Å². The van der Waals surface area contributed by atoms with Crippen molar-refractivity contribution in [2.75, 3.05) is 26.6 Å². The average Bonchev–Trinajstić information content (AvgIpc) is 2.19. The molecule has 0 bridgehead atoms. The van der Waals surface area contributed by atoms with Gasteiger partial charge in [0.2, 0.25) is 0 Å². The van der Waals surface area contributed by atoms with Gasteiger partial charge in [0.05, 0.1) is 12.7 Å². The van der Waals surface area contributed by atoms with Crippen LogP contribution in [-0.4, -0.2) is 76.9 Å². The molecule has 0 aromatic carbocycles. The Kier molecular flexibility index (Phi) is 12.3. The van der Waals surface area contributed by atoms with Gasteiger partial charge in [-0.1, -0.05) is 0 Å². The second kappa shape index (κ2) is 10.1. The number of rotatable bonds is 1. The molecule has 0 aromatic rings. The Morgan fingerprint density at radius 1 is 1.06 bits per heavy atom. The van der Waals surface area contributed by atoms with Gasteiger partial charge in [-0.15, -0.1) is 0 Å². The normalized spacial score (nSPS) is 36.9. The van der Waals surface area contributed by atoms with E-state index in [0.717, 1.165) is 0 Å². The number of aliphatic hydroxyl groups is 4. The number of ether oxygens (including phenoxy) is 1. The summed E-state index contributed by atoms with van der Waals surface area (Å²) >= 11 is 4.63. The van der Waals surface area contributed by atoms with E-state index in [9.17, 15) is 5.11 Å². The Morgan fingerprint density at radius 3 is 1.82 bits per heavy atom. The molecule has 8 heteroatoms. The van der Waals surface area contributed by atoms with E-state index in [4.69, 9.17) is 20.1 Å². The van der Waals surface area contributed by atoms with Crippen LogP contribution in [0.1, 0.15) is 0 Å². The predicted octanol–water partition coefficient (Wildman–Crippen LogP) is -1.58.